The van der Waals surface area contributed by atoms with E-state index in [1.165, 1.54) is 0 Å². The van der Waals surface area contributed by atoms with E-state index in [9.17, 15) is 0 Å². The molecule has 5 heteroatoms. The maximum absolute atomic E-state index is 6.30. The van der Waals surface area contributed by atoms with Crippen LogP contribution in [-0.4, -0.2) is 49.8 Å². The van der Waals surface area contributed by atoms with Crippen LogP contribution in [0.3, 0.4) is 0 Å². The van der Waals surface area contributed by atoms with Crippen molar-refractivity contribution >= 4 is 0 Å². The lowest BCUT2D eigenvalue weighted by Crippen LogP contribution is -2.46. The second-order valence-electron chi connectivity index (χ2n) is 4.91. The number of hydrogen-bond donors (Lipinski definition) is 1. The summed E-state index contributed by atoms with van der Waals surface area (Å²) in [4.78, 5) is 6.68. The molecule has 2 unspecified atom stereocenters. The Labute approximate surface area is 114 Å². The standard InChI is InChI=1S/C14H23N3O2/c1-18-9-8-17-7-3-4-12(15)14(17)11-5-6-13(19-2)16-10-11/h5-6,10,12,14H,3-4,7-9,15H2,1-2H3. The van der Waals surface area contributed by atoms with Gasteiger partial charge in [0.25, 0.3) is 0 Å². The summed E-state index contributed by atoms with van der Waals surface area (Å²) in [7, 11) is 3.35. The maximum atomic E-state index is 6.30. The van der Waals surface area contributed by atoms with Gasteiger partial charge in [0.1, 0.15) is 0 Å². The van der Waals surface area contributed by atoms with Crippen LogP contribution in [0.15, 0.2) is 18.3 Å². The number of hydrogen-bond acceptors (Lipinski definition) is 5. The van der Waals surface area contributed by atoms with Crippen LogP contribution in [0.4, 0.5) is 0 Å². The number of piperidine rings is 1. The number of aromatic nitrogens is 1. The molecule has 0 aromatic carbocycles. The summed E-state index contributed by atoms with van der Waals surface area (Å²) in [6.07, 6.45) is 4.07. The predicted octanol–water partition coefficient (Wildman–Crippen LogP) is 1.20. The van der Waals surface area contributed by atoms with Gasteiger partial charge in [-0.15, -0.1) is 0 Å². The highest BCUT2D eigenvalue weighted by Crippen LogP contribution is 2.30. The molecule has 1 aromatic rings. The number of nitrogens with zero attached hydrogens (tertiary/aromatic N) is 2. The fraction of sp³-hybridized carbons (Fsp3) is 0.643. The first-order valence-electron chi connectivity index (χ1n) is 6.74. The smallest absolute Gasteiger partial charge is 0.212 e. The summed E-state index contributed by atoms with van der Waals surface area (Å²) in [5, 5.41) is 0. The van der Waals surface area contributed by atoms with E-state index in [4.69, 9.17) is 15.2 Å². The SMILES string of the molecule is COCCN1CCCC(N)C1c1ccc(OC)nc1. The third kappa shape index (κ3) is 3.43. The third-order valence-corrected chi connectivity index (χ3v) is 3.67. The summed E-state index contributed by atoms with van der Waals surface area (Å²) < 4.78 is 10.3. The molecule has 1 fully saturated rings. The molecule has 0 aliphatic carbocycles. The molecule has 2 atom stereocenters. The van der Waals surface area contributed by atoms with Crippen LogP contribution in [0.25, 0.3) is 0 Å². The van der Waals surface area contributed by atoms with Gasteiger partial charge in [0.2, 0.25) is 5.88 Å². The van der Waals surface area contributed by atoms with E-state index >= 15 is 0 Å². The highest BCUT2D eigenvalue weighted by molar-refractivity contribution is 5.22. The molecule has 0 radical (unpaired) electrons. The van der Waals surface area contributed by atoms with E-state index in [0.29, 0.717) is 5.88 Å². The third-order valence-electron chi connectivity index (χ3n) is 3.67. The Balaban J connectivity index is 2.15. The number of ether oxygens (including phenoxy) is 2. The van der Waals surface area contributed by atoms with E-state index in [1.54, 1.807) is 14.2 Å². The van der Waals surface area contributed by atoms with Crippen molar-refractivity contribution in [1.82, 2.24) is 9.88 Å². The van der Waals surface area contributed by atoms with Crippen molar-refractivity contribution in [3.63, 3.8) is 0 Å². The Morgan fingerprint density at radius 3 is 2.89 bits per heavy atom. The van der Waals surface area contributed by atoms with Crippen LogP contribution in [0.1, 0.15) is 24.4 Å². The van der Waals surface area contributed by atoms with Gasteiger partial charge >= 0.3 is 0 Å². The Morgan fingerprint density at radius 1 is 1.42 bits per heavy atom. The molecular weight excluding hydrogens is 242 g/mol. The topological polar surface area (TPSA) is 60.6 Å². The van der Waals surface area contributed by atoms with Gasteiger partial charge in [0.05, 0.1) is 19.8 Å². The largest absolute Gasteiger partial charge is 0.481 e. The Hall–Kier alpha value is -1.17. The van der Waals surface area contributed by atoms with Crippen LogP contribution >= 0.6 is 0 Å². The number of rotatable bonds is 5. The number of nitrogens with two attached hydrogens (primary N) is 1. The van der Waals surface area contributed by atoms with Crippen molar-refractivity contribution in [2.75, 3.05) is 33.9 Å². The highest BCUT2D eigenvalue weighted by atomic mass is 16.5. The monoisotopic (exact) mass is 265 g/mol. The number of likely N-dealkylation sites (tertiary alicyclic amines) is 1. The first-order chi connectivity index (χ1) is 9.26. The molecule has 19 heavy (non-hydrogen) atoms. The zero-order valence-corrected chi connectivity index (χ0v) is 11.7. The second-order valence-corrected chi connectivity index (χ2v) is 4.91. The van der Waals surface area contributed by atoms with Gasteiger partial charge in [-0.3, -0.25) is 4.90 Å². The lowest BCUT2D eigenvalue weighted by Gasteiger charge is -2.39. The first kappa shape index (κ1) is 14.2. The predicted molar refractivity (Wildman–Crippen MR) is 74.2 cm³/mol. The minimum Gasteiger partial charge on any atom is -0.481 e. The van der Waals surface area contributed by atoms with Gasteiger partial charge in [-0.25, -0.2) is 4.98 Å². The number of methoxy groups -OCH3 is 2. The fourth-order valence-electron chi connectivity index (χ4n) is 2.70. The molecular formula is C14H23N3O2. The van der Waals surface area contributed by atoms with Gasteiger partial charge in [-0.2, -0.15) is 0 Å². The van der Waals surface area contributed by atoms with Crippen molar-refractivity contribution in [2.45, 2.75) is 24.9 Å². The van der Waals surface area contributed by atoms with Crippen molar-refractivity contribution in [2.24, 2.45) is 5.73 Å². The molecule has 0 amide bonds. The first-order valence-corrected chi connectivity index (χ1v) is 6.74. The zero-order chi connectivity index (χ0) is 13.7. The highest BCUT2D eigenvalue weighted by Gasteiger charge is 2.30. The second kappa shape index (κ2) is 6.84. The molecule has 0 saturated carbocycles. The average molecular weight is 265 g/mol. The normalized spacial score (nSPS) is 24.4. The summed E-state index contributed by atoms with van der Waals surface area (Å²) in [6, 6.07) is 4.33. The van der Waals surface area contributed by atoms with Crippen LogP contribution in [0.2, 0.25) is 0 Å². The quantitative estimate of drug-likeness (QED) is 0.867. The fourth-order valence-corrected chi connectivity index (χ4v) is 2.70. The summed E-state index contributed by atoms with van der Waals surface area (Å²) in [6.45, 7) is 2.70. The molecule has 2 heterocycles. The molecule has 5 nitrogen and oxygen atoms in total. The molecule has 1 aromatic heterocycles. The average Bonchev–Trinajstić information content (AvgIpc) is 2.45. The van der Waals surface area contributed by atoms with Gasteiger partial charge in [0.15, 0.2) is 0 Å². The van der Waals surface area contributed by atoms with Crippen LogP contribution in [0, 0.1) is 0 Å². The minimum absolute atomic E-state index is 0.154. The lowest BCUT2D eigenvalue weighted by atomic mass is 9.92. The molecule has 0 spiro atoms. The van der Waals surface area contributed by atoms with Crippen molar-refractivity contribution in [3.8, 4) is 5.88 Å². The van der Waals surface area contributed by atoms with E-state index in [2.05, 4.69) is 16.0 Å². The van der Waals surface area contributed by atoms with Crippen molar-refractivity contribution < 1.29 is 9.47 Å². The van der Waals surface area contributed by atoms with Gasteiger partial charge < -0.3 is 15.2 Å². The molecule has 0 bridgehead atoms. The zero-order valence-electron chi connectivity index (χ0n) is 11.7. The summed E-state index contributed by atoms with van der Waals surface area (Å²) in [5.41, 5.74) is 7.46. The molecule has 106 valence electrons. The van der Waals surface area contributed by atoms with Crippen LogP contribution < -0.4 is 10.5 Å². The van der Waals surface area contributed by atoms with Crippen molar-refractivity contribution in [1.29, 1.82) is 0 Å². The van der Waals surface area contributed by atoms with E-state index in [-0.39, 0.29) is 12.1 Å². The van der Waals surface area contributed by atoms with Gasteiger partial charge in [-0.1, -0.05) is 6.07 Å². The van der Waals surface area contributed by atoms with Crippen LogP contribution in [0.5, 0.6) is 5.88 Å². The summed E-state index contributed by atoms with van der Waals surface area (Å²) in [5.74, 6) is 0.636. The number of pyridine rings is 1. The minimum atomic E-state index is 0.154. The summed E-state index contributed by atoms with van der Waals surface area (Å²) >= 11 is 0. The molecule has 1 aliphatic heterocycles. The molecule has 2 rings (SSSR count). The van der Waals surface area contributed by atoms with Crippen LogP contribution in [-0.2, 0) is 4.74 Å². The lowest BCUT2D eigenvalue weighted by molar-refractivity contribution is 0.0846. The van der Waals surface area contributed by atoms with Gasteiger partial charge in [-0.05, 0) is 24.9 Å². The Morgan fingerprint density at radius 2 is 2.26 bits per heavy atom. The maximum Gasteiger partial charge on any atom is 0.212 e. The molecule has 1 saturated heterocycles. The Bertz CT molecular complexity index is 383. The Kier molecular flexibility index (Phi) is 5.13. The molecule has 2 N–H and O–H groups in total. The van der Waals surface area contributed by atoms with Crippen molar-refractivity contribution in [3.05, 3.63) is 23.9 Å². The van der Waals surface area contributed by atoms with E-state index < -0.39 is 0 Å². The van der Waals surface area contributed by atoms with E-state index in [0.717, 1.165) is 38.1 Å². The van der Waals surface area contributed by atoms with E-state index in [1.807, 2.05) is 12.3 Å². The molecule has 1 aliphatic rings. The van der Waals surface area contributed by atoms with Gasteiger partial charge in [0, 0.05) is 32.0 Å².